The van der Waals surface area contributed by atoms with Crippen molar-refractivity contribution in [2.75, 3.05) is 10.6 Å². The third kappa shape index (κ3) is 10.4. The normalized spacial score (nSPS) is 12.1. The van der Waals surface area contributed by atoms with Crippen LogP contribution < -0.4 is 16.0 Å². The Kier molecular flexibility index (Phi) is 10.8. The number of anilines is 2. The first kappa shape index (κ1) is 35.6. The maximum Gasteiger partial charge on any atom is 0.412 e. The number of amides is 3. The smallest absolute Gasteiger partial charge is 0.412 e. The molecule has 4 rings (SSSR count). The van der Waals surface area contributed by atoms with E-state index in [1.807, 2.05) is 6.07 Å². The third-order valence-corrected chi connectivity index (χ3v) is 7.48. The van der Waals surface area contributed by atoms with Gasteiger partial charge < -0.3 is 19.9 Å². The standard InChI is InChI=1S/C35H37FN4O7S/c1-34(2,3)46-32(44)38-23-13-11-21(12-14-23)29(41)40-27(31(42)43)17-20-10-15-25(26(36)16-20)30-37-19-28(48-30)22-8-7-9-24(18-22)39-33(45)47-35(4,5)6/h7-16,18-19,27H,17H2,1-6H3,(H,38,44)(H,39,45)(H,40,41)(H,42,43). The van der Waals surface area contributed by atoms with Gasteiger partial charge in [0.1, 0.15) is 28.1 Å². The molecule has 0 aliphatic heterocycles. The van der Waals surface area contributed by atoms with Crippen molar-refractivity contribution in [3.05, 3.63) is 89.9 Å². The Morgan fingerprint density at radius 2 is 1.48 bits per heavy atom. The molecule has 3 aromatic carbocycles. The number of ether oxygens (including phenoxy) is 2. The number of benzene rings is 3. The zero-order chi connectivity index (χ0) is 35.2. The van der Waals surface area contributed by atoms with Gasteiger partial charge in [0, 0.05) is 35.1 Å². The maximum absolute atomic E-state index is 15.3. The molecule has 48 heavy (non-hydrogen) atoms. The van der Waals surface area contributed by atoms with Gasteiger partial charge in [-0.05, 0) is 101 Å². The lowest BCUT2D eigenvalue weighted by atomic mass is 10.0. The van der Waals surface area contributed by atoms with Gasteiger partial charge in [-0.1, -0.05) is 18.2 Å². The number of thiazole rings is 1. The van der Waals surface area contributed by atoms with Crippen molar-refractivity contribution in [3.63, 3.8) is 0 Å². The number of nitrogens with one attached hydrogen (secondary N) is 3. The van der Waals surface area contributed by atoms with Gasteiger partial charge in [-0.25, -0.2) is 23.8 Å². The van der Waals surface area contributed by atoms with Crippen LogP contribution in [-0.2, 0) is 20.7 Å². The van der Waals surface area contributed by atoms with Crippen LogP contribution in [0.5, 0.6) is 0 Å². The van der Waals surface area contributed by atoms with E-state index < -0.39 is 47.1 Å². The van der Waals surface area contributed by atoms with Crippen LogP contribution in [-0.4, -0.2) is 51.4 Å². The quantitative estimate of drug-likeness (QED) is 0.140. The van der Waals surface area contributed by atoms with Crippen molar-refractivity contribution < 1.29 is 38.1 Å². The molecule has 1 unspecified atom stereocenters. The number of carboxylic acids is 1. The summed E-state index contributed by atoms with van der Waals surface area (Å²) in [6.45, 7) is 10.5. The summed E-state index contributed by atoms with van der Waals surface area (Å²) in [6, 6.07) is 15.9. The number of hydrogen-bond donors (Lipinski definition) is 4. The third-order valence-electron chi connectivity index (χ3n) is 6.40. The molecule has 0 bridgehead atoms. The van der Waals surface area contributed by atoms with Crippen molar-refractivity contribution >= 4 is 46.8 Å². The van der Waals surface area contributed by atoms with Crippen molar-refractivity contribution in [2.45, 2.75) is 65.2 Å². The molecular weight excluding hydrogens is 639 g/mol. The summed E-state index contributed by atoms with van der Waals surface area (Å²) in [5.41, 5.74) is 1.12. The number of aromatic nitrogens is 1. The molecule has 0 aliphatic rings. The molecule has 1 atom stereocenters. The molecule has 4 N–H and O–H groups in total. The summed E-state index contributed by atoms with van der Waals surface area (Å²) in [5, 5.41) is 17.9. The predicted octanol–water partition coefficient (Wildman–Crippen LogP) is 7.74. The zero-order valence-corrected chi connectivity index (χ0v) is 28.2. The fraction of sp³-hybridized carbons (Fsp3) is 0.286. The summed E-state index contributed by atoms with van der Waals surface area (Å²) < 4.78 is 25.8. The van der Waals surface area contributed by atoms with Gasteiger partial charge in [0.25, 0.3) is 5.91 Å². The van der Waals surface area contributed by atoms with E-state index in [9.17, 15) is 24.3 Å². The molecule has 11 nitrogen and oxygen atoms in total. The molecule has 3 amide bonds. The first-order valence-corrected chi connectivity index (χ1v) is 15.8. The number of carbonyl (C=O) groups excluding carboxylic acids is 3. The van der Waals surface area contributed by atoms with E-state index in [2.05, 4.69) is 20.9 Å². The van der Waals surface area contributed by atoms with E-state index >= 15 is 4.39 Å². The van der Waals surface area contributed by atoms with Crippen LogP contribution in [0.4, 0.5) is 25.4 Å². The molecule has 0 fully saturated rings. The largest absolute Gasteiger partial charge is 0.480 e. The van der Waals surface area contributed by atoms with Crippen molar-refractivity contribution in [1.82, 2.24) is 10.3 Å². The van der Waals surface area contributed by atoms with Crippen LogP contribution in [0.1, 0.15) is 57.5 Å². The highest BCUT2D eigenvalue weighted by Crippen LogP contribution is 2.34. The highest BCUT2D eigenvalue weighted by atomic mass is 32.1. The number of halogens is 1. The number of rotatable bonds is 9. The fourth-order valence-electron chi connectivity index (χ4n) is 4.37. The second-order valence-corrected chi connectivity index (χ2v) is 13.9. The molecule has 4 aromatic rings. The molecule has 13 heteroatoms. The minimum absolute atomic E-state index is 0.170. The number of aliphatic carboxylic acids is 1. The van der Waals surface area contributed by atoms with E-state index in [4.69, 9.17) is 9.47 Å². The Hall–Kier alpha value is -5.30. The lowest BCUT2D eigenvalue weighted by Gasteiger charge is -2.19. The summed E-state index contributed by atoms with van der Waals surface area (Å²) in [4.78, 5) is 54.1. The first-order chi connectivity index (χ1) is 22.5. The Morgan fingerprint density at radius 3 is 2.06 bits per heavy atom. The van der Waals surface area contributed by atoms with E-state index in [-0.39, 0.29) is 17.5 Å². The van der Waals surface area contributed by atoms with Crippen molar-refractivity contribution in [3.8, 4) is 21.0 Å². The molecule has 0 saturated carbocycles. The monoisotopic (exact) mass is 676 g/mol. The Balaban J connectivity index is 1.40. The topological polar surface area (TPSA) is 156 Å². The number of carbonyl (C=O) groups is 4. The minimum Gasteiger partial charge on any atom is -0.480 e. The number of carboxylic acid groups (broad SMARTS) is 1. The average molecular weight is 677 g/mol. The molecule has 1 aromatic heterocycles. The summed E-state index contributed by atoms with van der Waals surface area (Å²) in [7, 11) is 0. The minimum atomic E-state index is -1.34. The van der Waals surface area contributed by atoms with Gasteiger partial charge in [0.2, 0.25) is 0 Å². The molecule has 1 heterocycles. The van der Waals surface area contributed by atoms with Crippen LogP contribution in [0.15, 0.2) is 72.9 Å². The van der Waals surface area contributed by atoms with Crippen LogP contribution in [0, 0.1) is 5.82 Å². The van der Waals surface area contributed by atoms with Gasteiger partial charge in [0.05, 0.1) is 4.88 Å². The molecular formula is C35H37FN4O7S. The molecule has 0 aliphatic carbocycles. The van der Waals surface area contributed by atoms with E-state index in [0.29, 0.717) is 21.9 Å². The van der Waals surface area contributed by atoms with Gasteiger partial charge >= 0.3 is 18.2 Å². The second kappa shape index (κ2) is 14.6. The van der Waals surface area contributed by atoms with E-state index in [1.165, 1.54) is 47.7 Å². The van der Waals surface area contributed by atoms with Crippen LogP contribution in [0.3, 0.4) is 0 Å². The van der Waals surface area contributed by atoms with Crippen LogP contribution >= 0.6 is 11.3 Å². The maximum atomic E-state index is 15.3. The Morgan fingerprint density at radius 1 is 0.854 bits per heavy atom. The van der Waals surface area contributed by atoms with Gasteiger partial charge in [-0.2, -0.15) is 0 Å². The lowest BCUT2D eigenvalue weighted by molar-refractivity contribution is -0.139. The molecule has 0 spiro atoms. The SMILES string of the molecule is CC(C)(C)OC(=O)Nc1ccc(C(=O)NC(Cc2ccc(-c3ncc(-c4cccc(NC(=O)OC(C)(C)C)c4)s3)c(F)c2)C(=O)O)cc1. The van der Waals surface area contributed by atoms with Crippen molar-refractivity contribution in [2.24, 2.45) is 0 Å². The van der Waals surface area contributed by atoms with Gasteiger partial charge in [0.15, 0.2) is 0 Å². The highest BCUT2D eigenvalue weighted by Gasteiger charge is 2.23. The highest BCUT2D eigenvalue weighted by molar-refractivity contribution is 7.18. The van der Waals surface area contributed by atoms with Gasteiger partial charge in [-0.15, -0.1) is 11.3 Å². The molecule has 0 radical (unpaired) electrons. The Labute approximate surface area is 281 Å². The van der Waals surface area contributed by atoms with Gasteiger partial charge in [-0.3, -0.25) is 15.4 Å². The average Bonchev–Trinajstić information content (AvgIpc) is 3.45. The summed E-state index contributed by atoms with van der Waals surface area (Å²) in [6.07, 6.45) is 0.200. The number of hydrogen-bond acceptors (Lipinski definition) is 8. The summed E-state index contributed by atoms with van der Waals surface area (Å²) in [5.74, 6) is -2.54. The second-order valence-electron chi connectivity index (χ2n) is 12.8. The first-order valence-electron chi connectivity index (χ1n) is 14.9. The lowest BCUT2D eigenvalue weighted by Crippen LogP contribution is -2.42. The van der Waals surface area contributed by atoms with Crippen LogP contribution in [0.25, 0.3) is 21.0 Å². The summed E-state index contributed by atoms with van der Waals surface area (Å²) >= 11 is 1.25. The fourth-order valence-corrected chi connectivity index (χ4v) is 5.31. The number of nitrogens with zero attached hydrogens (tertiary/aromatic N) is 1. The molecule has 0 saturated heterocycles. The van der Waals surface area contributed by atoms with E-state index in [0.717, 1.165) is 10.4 Å². The predicted molar refractivity (Wildman–Crippen MR) is 182 cm³/mol. The van der Waals surface area contributed by atoms with Crippen molar-refractivity contribution in [1.29, 1.82) is 0 Å². The van der Waals surface area contributed by atoms with E-state index in [1.54, 1.807) is 72.0 Å². The molecule has 252 valence electrons. The Bertz CT molecular complexity index is 1810. The zero-order valence-electron chi connectivity index (χ0n) is 27.3. The van der Waals surface area contributed by atoms with Crippen LogP contribution in [0.2, 0.25) is 0 Å².